The van der Waals surface area contributed by atoms with E-state index in [2.05, 4.69) is 55.5 Å². The van der Waals surface area contributed by atoms with Gasteiger partial charge in [0.1, 0.15) is 5.82 Å². The molecule has 0 saturated heterocycles. The highest BCUT2D eigenvalue weighted by atomic mass is 16.5. The lowest BCUT2D eigenvalue weighted by Gasteiger charge is -2.24. The average molecular weight is 358 g/mol. The van der Waals surface area contributed by atoms with E-state index in [1.165, 1.54) is 5.56 Å². The van der Waals surface area contributed by atoms with Gasteiger partial charge in [-0.05, 0) is 32.3 Å². The van der Waals surface area contributed by atoms with Crippen molar-refractivity contribution in [1.82, 2.24) is 20.2 Å². The fourth-order valence-electron chi connectivity index (χ4n) is 2.56. The quantitative estimate of drug-likeness (QED) is 0.535. The average Bonchev–Trinajstić information content (AvgIpc) is 3.10. The van der Waals surface area contributed by atoms with E-state index in [1.807, 2.05) is 26.2 Å². The molecule has 0 saturated carbocycles. The Labute approximate surface area is 156 Å². The number of imidazole rings is 1. The van der Waals surface area contributed by atoms with Crippen molar-refractivity contribution in [2.45, 2.75) is 45.4 Å². The molecule has 26 heavy (non-hydrogen) atoms. The number of rotatable bonds is 9. The number of ether oxygens (including phenoxy) is 1. The molecule has 0 unspecified atom stereocenters. The van der Waals surface area contributed by atoms with Crippen molar-refractivity contribution in [3.8, 4) is 0 Å². The molecule has 6 nitrogen and oxygen atoms in total. The maximum Gasteiger partial charge on any atom is 0.191 e. The molecule has 0 amide bonds. The first-order valence-corrected chi connectivity index (χ1v) is 9.07. The van der Waals surface area contributed by atoms with Crippen LogP contribution >= 0.6 is 0 Å². The van der Waals surface area contributed by atoms with Crippen molar-refractivity contribution in [3.05, 3.63) is 54.1 Å². The summed E-state index contributed by atoms with van der Waals surface area (Å²) in [5.41, 5.74) is 1.13. The maximum atomic E-state index is 5.42. The molecule has 0 bridgehead atoms. The van der Waals surface area contributed by atoms with E-state index in [-0.39, 0.29) is 5.60 Å². The van der Waals surface area contributed by atoms with Crippen LogP contribution in [0.2, 0.25) is 0 Å². The van der Waals surface area contributed by atoms with Crippen molar-refractivity contribution in [1.29, 1.82) is 0 Å². The van der Waals surface area contributed by atoms with E-state index in [1.54, 1.807) is 14.2 Å². The molecule has 0 aliphatic carbocycles. The first-order chi connectivity index (χ1) is 12.5. The summed E-state index contributed by atoms with van der Waals surface area (Å²) < 4.78 is 7.62. The maximum absolute atomic E-state index is 5.42. The van der Waals surface area contributed by atoms with E-state index < -0.39 is 0 Å². The summed E-state index contributed by atoms with van der Waals surface area (Å²) in [5, 5.41) is 6.60. The molecule has 0 radical (unpaired) electrons. The number of hydrogen-bond acceptors (Lipinski definition) is 3. The summed E-state index contributed by atoms with van der Waals surface area (Å²) in [6.07, 6.45) is 6.04. The fraction of sp³-hybridized carbons (Fsp3) is 0.500. The van der Waals surface area contributed by atoms with Gasteiger partial charge in [-0.15, -0.1) is 0 Å². The van der Waals surface area contributed by atoms with Gasteiger partial charge in [-0.3, -0.25) is 4.99 Å². The molecule has 142 valence electrons. The van der Waals surface area contributed by atoms with E-state index in [4.69, 9.17) is 4.74 Å². The van der Waals surface area contributed by atoms with Crippen LogP contribution in [0.15, 0.2) is 47.7 Å². The van der Waals surface area contributed by atoms with Crippen molar-refractivity contribution < 1.29 is 4.74 Å². The Hall–Kier alpha value is -2.34. The van der Waals surface area contributed by atoms with Crippen LogP contribution in [0.25, 0.3) is 0 Å². The van der Waals surface area contributed by atoms with Crippen LogP contribution in [0.1, 0.15) is 31.7 Å². The minimum Gasteiger partial charge on any atom is -0.377 e. The van der Waals surface area contributed by atoms with Crippen LogP contribution in [0, 0.1) is 0 Å². The topological polar surface area (TPSA) is 63.5 Å². The number of aliphatic imine (C=N–C) groups is 1. The third-order valence-corrected chi connectivity index (χ3v) is 4.38. The smallest absolute Gasteiger partial charge is 0.191 e. The van der Waals surface area contributed by atoms with Gasteiger partial charge in [0.05, 0.1) is 12.1 Å². The predicted molar refractivity (Wildman–Crippen MR) is 106 cm³/mol. The second kappa shape index (κ2) is 9.97. The standard InChI is InChI=1S/C20H31N5O/c1-20(2,26-4)16-24-19(21-3)23-15-18-22-12-14-25(18)13-8-11-17-9-6-5-7-10-17/h5-7,9-10,12,14H,8,11,13,15-16H2,1-4H3,(H2,21,23,24). The van der Waals surface area contributed by atoms with Gasteiger partial charge in [0, 0.05) is 39.6 Å². The van der Waals surface area contributed by atoms with E-state index in [0.29, 0.717) is 13.1 Å². The summed E-state index contributed by atoms with van der Waals surface area (Å²) in [6.45, 7) is 6.33. The van der Waals surface area contributed by atoms with Crippen LogP contribution in [-0.4, -0.2) is 41.8 Å². The number of nitrogens with one attached hydrogen (secondary N) is 2. The van der Waals surface area contributed by atoms with Gasteiger partial charge in [0.2, 0.25) is 0 Å². The SMILES string of the molecule is CN=C(NCc1nccn1CCCc1ccccc1)NCC(C)(C)OC. The largest absolute Gasteiger partial charge is 0.377 e. The van der Waals surface area contributed by atoms with Gasteiger partial charge >= 0.3 is 0 Å². The molecule has 0 spiro atoms. The fourth-order valence-corrected chi connectivity index (χ4v) is 2.56. The molecule has 0 fully saturated rings. The molecule has 1 heterocycles. The van der Waals surface area contributed by atoms with Gasteiger partial charge in [0.25, 0.3) is 0 Å². The number of hydrogen-bond donors (Lipinski definition) is 2. The van der Waals surface area contributed by atoms with Gasteiger partial charge in [-0.2, -0.15) is 0 Å². The van der Waals surface area contributed by atoms with Gasteiger partial charge in [0.15, 0.2) is 5.96 Å². The molecule has 1 aromatic heterocycles. The lowest BCUT2D eigenvalue weighted by Crippen LogP contribution is -2.45. The number of guanidine groups is 1. The first-order valence-electron chi connectivity index (χ1n) is 9.07. The summed E-state index contributed by atoms with van der Waals surface area (Å²) in [5.74, 6) is 1.75. The van der Waals surface area contributed by atoms with E-state index in [0.717, 1.165) is 31.2 Å². The number of nitrogens with zero attached hydrogens (tertiary/aromatic N) is 3. The summed E-state index contributed by atoms with van der Waals surface area (Å²) in [6, 6.07) is 10.6. The van der Waals surface area contributed by atoms with Crippen LogP contribution in [0.3, 0.4) is 0 Å². The lowest BCUT2D eigenvalue weighted by molar-refractivity contribution is 0.0268. The number of benzene rings is 1. The van der Waals surface area contributed by atoms with Crippen LogP contribution in [0.4, 0.5) is 0 Å². The van der Waals surface area contributed by atoms with E-state index in [9.17, 15) is 0 Å². The highest BCUT2D eigenvalue weighted by molar-refractivity contribution is 5.79. The normalized spacial score (nSPS) is 12.2. The summed E-state index contributed by atoms with van der Waals surface area (Å²) >= 11 is 0. The van der Waals surface area contributed by atoms with Crippen LogP contribution in [-0.2, 0) is 24.2 Å². The van der Waals surface area contributed by atoms with Crippen molar-refractivity contribution in [2.24, 2.45) is 4.99 Å². The van der Waals surface area contributed by atoms with Gasteiger partial charge in [-0.1, -0.05) is 30.3 Å². The highest BCUT2D eigenvalue weighted by Gasteiger charge is 2.16. The molecule has 6 heteroatoms. The molecule has 2 N–H and O–H groups in total. The van der Waals surface area contributed by atoms with Crippen LogP contribution in [0.5, 0.6) is 0 Å². The Morgan fingerprint density at radius 2 is 2.00 bits per heavy atom. The Bertz CT molecular complexity index is 679. The Morgan fingerprint density at radius 3 is 2.69 bits per heavy atom. The van der Waals surface area contributed by atoms with Gasteiger partial charge in [-0.25, -0.2) is 4.98 Å². The monoisotopic (exact) mass is 357 g/mol. The van der Waals surface area contributed by atoms with Crippen molar-refractivity contribution >= 4 is 5.96 Å². The molecule has 0 atom stereocenters. The zero-order valence-corrected chi connectivity index (χ0v) is 16.3. The third-order valence-electron chi connectivity index (χ3n) is 4.38. The van der Waals surface area contributed by atoms with Crippen molar-refractivity contribution in [3.63, 3.8) is 0 Å². The molecule has 1 aromatic carbocycles. The number of methoxy groups -OCH3 is 1. The Kier molecular flexibility index (Phi) is 7.66. The lowest BCUT2D eigenvalue weighted by atomic mass is 10.1. The first kappa shape index (κ1) is 20.0. The second-order valence-corrected chi connectivity index (χ2v) is 6.87. The zero-order valence-electron chi connectivity index (χ0n) is 16.3. The minimum absolute atomic E-state index is 0.243. The minimum atomic E-state index is -0.243. The second-order valence-electron chi connectivity index (χ2n) is 6.87. The molecular weight excluding hydrogens is 326 g/mol. The van der Waals surface area contributed by atoms with Crippen molar-refractivity contribution in [2.75, 3.05) is 20.7 Å². The summed E-state index contributed by atoms with van der Waals surface area (Å²) in [7, 11) is 3.48. The highest BCUT2D eigenvalue weighted by Crippen LogP contribution is 2.06. The Balaban J connectivity index is 1.80. The Morgan fingerprint density at radius 1 is 1.23 bits per heavy atom. The predicted octanol–water partition coefficient (Wildman–Crippen LogP) is 2.61. The molecular formula is C20H31N5O. The van der Waals surface area contributed by atoms with Gasteiger partial charge < -0.3 is 19.9 Å². The number of aromatic nitrogens is 2. The molecule has 2 rings (SSSR count). The molecule has 0 aliphatic heterocycles. The van der Waals surface area contributed by atoms with E-state index >= 15 is 0 Å². The zero-order chi connectivity index (χ0) is 18.8. The third kappa shape index (κ3) is 6.52. The summed E-state index contributed by atoms with van der Waals surface area (Å²) in [4.78, 5) is 8.72. The molecule has 2 aromatic rings. The molecule has 0 aliphatic rings. The number of aryl methyl sites for hydroxylation is 2. The van der Waals surface area contributed by atoms with Crippen LogP contribution < -0.4 is 10.6 Å².